The van der Waals surface area contributed by atoms with E-state index < -0.39 is 11.8 Å². The van der Waals surface area contributed by atoms with Crippen molar-refractivity contribution in [2.45, 2.75) is 0 Å². The predicted octanol–water partition coefficient (Wildman–Crippen LogP) is 3.39. The van der Waals surface area contributed by atoms with Crippen molar-refractivity contribution in [1.82, 2.24) is 20.6 Å². The van der Waals surface area contributed by atoms with Crippen LogP contribution in [0.25, 0.3) is 5.69 Å². The first-order valence-electron chi connectivity index (χ1n) is 7.31. The fourth-order valence-corrected chi connectivity index (χ4v) is 2.47. The van der Waals surface area contributed by atoms with Crippen LogP contribution in [-0.2, 0) is 0 Å². The zero-order valence-corrected chi connectivity index (χ0v) is 14.6. The molecule has 0 aliphatic carbocycles. The third kappa shape index (κ3) is 4.01. The Morgan fingerprint density at radius 3 is 2.38 bits per heavy atom. The molecule has 0 fully saturated rings. The van der Waals surface area contributed by atoms with Crippen LogP contribution >= 0.6 is 23.2 Å². The minimum absolute atomic E-state index is 0.0619. The second kappa shape index (κ2) is 7.55. The van der Waals surface area contributed by atoms with Crippen LogP contribution < -0.4 is 10.9 Å². The topological polar surface area (TPSA) is 76.0 Å². The highest BCUT2D eigenvalue weighted by Crippen LogP contribution is 2.20. The molecule has 0 unspecified atom stereocenters. The number of nitrogens with zero attached hydrogens (tertiary/aromatic N) is 2. The second-order valence-corrected chi connectivity index (χ2v) is 6.00. The van der Waals surface area contributed by atoms with Crippen LogP contribution in [0, 0.1) is 5.82 Å². The first-order chi connectivity index (χ1) is 12.4. The Kier molecular flexibility index (Phi) is 5.20. The van der Waals surface area contributed by atoms with E-state index in [1.807, 2.05) is 0 Å². The highest BCUT2D eigenvalue weighted by Gasteiger charge is 2.14. The van der Waals surface area contributed by atoms with Gasteiger partial charge in [-0.15, -0.1) is 0 Å². The summed E-state index contributed by atoms with van der Waals surface area (Å²) < 4.78 is 14.4. The van der Waals surface area contributed by atoms with Crippen LogP contribution in [0.1, 0.15) is 20.8 Å². The molecule has 0 radical (unpaired) electrons. The number of carbonyl (C=O) groups is 2. The van der Waals surface area contributed by atoms with E-state index in [-0.39, 0.29) is 22.1 Å². The number of rotatable bonds is 3. The first-order valence-corrected chi connectivity index (χ1v) is 8.07. The Morgan fingerprint density at radius 1 is 0.962 bits per heavy atom. The summed E-state index contributed by atoms with van der Waals surface area (Å²) in [6.45, 7) is 0. The molecular formula is C17H11Cl2FN4O2. The standard InChI is InChI=1S/C17H11Cl2FN4O2/c18-10-1-6-14(19)13(9-10)16(25)21-22-17(26)15-7-8-24(23-15)12-4-2-11(20)3-5-12/h1-9H,(H,21,25)(H,22,26). The summed E-state index contributed by atoms with van der Waals surface area (Å²) in [4.78, 5) is 24.2. The van der Waals surface area contributed by atoms with Crippen LogP contribution in [-0.4, -0.2) is 21.6 Å². The molecule has 6 nitrogen and oxygen atoms in total. The molecule has 0 atom stereocenters. The van der Waals surface area contributed by atoms with Crippen molar-refractivity contribution in [2.75, 3.05) is 0 Å². The van der Waals surface area contributed by atoms with Gasteiger partial charge in [0.25, 0.3) is 11.8 Å². The molecule has 26 heavy (non-hydrogen) atoms. The van der Waals surface area contributed by atoms with Crippen molar-refractivity contribution in [3.63, 3.8) is 0 Å². The lowest BCUT2D eigenvalue weighted by atomic mass is 10.2. The lowest BCUT2D eigenvalue weighted by Gasteiger charge is -2.07. The third-order valence-electron chi connectivity index (χ3n) is 3.38. The van der Waals surface area contributed by atoms with Gasteiger partial charge in [0.2, 0.25) is 0 Å². The number of aromatic nitrogens is 2. The number of hydrogen-bond acceptors (Lipinski definition) is 3. The summed E-state index contributed by atoms with van der Waals surface area (Å²) in [6, 6.07) is 11.5. The summed E-state index contributed by atoms with van der Waals surface area (Å²) >= 11 is 11.8. The zero-order valence-electron chi connectivity index (χ0n) is 13.0. The Balaban J connectivity index is 1.66. The minimum atomic E-state index is -0.627. The van der Waals surface area contributed by atoms with Gasteiger partial charge in [-0.1, -0.05) is 23.2 Å². The van der Waals surface area contributed by atoms with Crippen molar-refractivity contribution in [1.29, 1.82) is 0 Å². The van der Waals surface area contributed by atoms with Crippen molar-refractivity contribution in [3.8, 4) is 5.69 Å². The van der Waals surface area contributed by atoms with Gasteiger partial charge in [-0.3, -0.25) is 20.4 Å². The number of nitrogens with one attached hydrogen (secondary N) is 2. The lowest BCUT2D eigenvalue weighted by molar-refractivity contribution is 0.0844. The number of halogens is 3. The number of hydrazine groups is 1. The van der Waals surface area contributed by atoms with E-state index in [1.165, 1.54) is 53.3 Å². The monoisotopic (exact) mass is 392 g/mol. The van der Waals surface area contributed by atoms with Gasteiger partial charge in [-0.05, 0) is 48.5 Å². The van der Waals surface area contributed by atoms with Crippen LogP contribution in [0.15, 0.2) is 54.7 Å². The predicted molar refractivity (Wildman–Crippen MR) is 94.9 cm³/mol. The van der Waals surface area contributed by atoms with Gasteiger partial charge in [0.15, 0.2) is 5.69 Å². The van der Waals surface area contributed by atoms with Crippen LogP contribution in [0.5, 0.6) is 0 Å². The molecule has 2 amide bonds. The van der Waals surface area contributed by atoms with Crippen molar-refractivity contribution < 1.29 is 14.0 Å². The lowest BCUT2D eigenvalue weighted by Crippen LogP contribution is -2.42. The quantitative estimate of drug-likeness (QED) is 0.670. The molecule has 1 aromatic heterocycles. The van der Waals surface area contributed by atoms with Crippen LogP contribution in [0.3, 0.4) is 0 Å². The fraction of sp³-hybridized carbons (Fsp3) is 0. The Hall–Kier alpha value is -2.90. The maximum atomic E-state index is 13.0. The van der Waals surface area contributed by atoms with E-state index in [4.69, 9.17) is 23.2 Å². The average molecular weight is 393 g/mol. The first kappa shape index (κ1) is 17.9. The van der Waals surface area contributed by atoms with E-state index in [0.29, 0.717) is 10.7 Å². The van der Waals surface area contributed by atoms with Gasteiger partial charge in [0.05, 0.1) is 16.3 Å². The van der Waals surface area contributed by atoms with Crippen LogP contribution in [0.4, 0.5) is 4.39 Å². The molecular weight excluding hydrogens is 382 g/mol. The van der Waals surface area contributed by atoms with Gasteiger partial charge in [-0.25, -0.2) is 9.07 Å². The third-order valence-corrected chi connectivity index (χ3v) is 3.94. The van der Waals surface area contributed by atoms with Gasteiger partial charge in [-0.2, -0.15) is 5.10 Å². The molecule has 3 rings (SSSR count). The molecule has 0 saturated heterocycles. The number of hydrogen-bond donors (Lipinski definition) is 2. The minimum Gasteiger partial charge on any atom is -0.267 e. The molecule has 0 aliphatic heterocycles. The van der Waals surface area contributed by atoms with Gasteiger partial charge < -0.3 is 0 Å². The summed E-state index contributed by atoms with van der Waals surface area (Å²) in [5.74, 6) is -1.62. The SMILES string of the molecule is O=C(NNC(=O)c1cc(Cl)ccc1Cl)c1ccn(-c2ccc(F)cc2)n1. The highest BCUT2D eigenvalue weighted by molar-refractivity contribution is 6.35. The molecule has 9 heteroatoms. The average Bonchev–Trinajstić information content (AvgIpc) is 3.12. The normalized spacial score (nSPS) is 10.4. The van der Waals surface area contributed by atoms with E-state index in [0.717, 1.165) is 0 Å². The largest absolute Gasteiger partial charge is 0.290 e. The smallest absolute Gasteiger partial charge is 0.267 e. The molecule has 2 aromatic carbocycles. The molecule has 0 aliphatic rings. The van der Waals surface area contributed by atoms with Crippen molar-refractivity contribution in [2.24, 2.45) is 0 Å². The number of amides is 2. The van der Waals surface area contributed by atoms with Crippen molar-refractivity contribution in [3.05, 3.63) is 81.8 Å². The fourth-order valence-electron chi connectivity index (χ4n) is 2.10. The second-order valence-electron chi connectivity index (χ2n) is 5.15. The Morgan fingerprint density at radius 2 is 1.65 bits per heavy atom. The summed E-state index contributed by atoms with van der Waals surface area (Å²) in [6.07, 6.45) is 1.54. The van der Waals surface area contributed by atoms with E-state index in [2.05, 4.69) is 16.0 Å². The van der Waals surface area contributed by atoms with E-state index >= 15 is 0 Å². The summed E-state index contributed by atoms with van der Waals surface area (Å²) in [7, 11) is 0. The molecule has 132 valence electrons. The highest BCUT2D eigenvalue weighted by atomic mass is 35.5. The molecule has 0 saturated carbocycles. The summed E-state index contributed by atoms with van der Waals surface area (Å²) in [5, 5.41) is 4.61. The van der Waals surface area contributed by atoms with E-state index in [1.54, 1.807) is 6.07 Å². The van der Waals surface area contributed by atoms with Crippen molar-refractivity contribution >= 4 is 35.0 Å². The summed E-state index contributed by atoms with van der Waals surface area (Å²) in [5.41, 5.74) is 5.25. The maximum Gasteiger partial charge on any atom is 0.290 e. The zero-order chi connectivity index (χ0) is 18.7. The van der Waals surface area contributed by atoms with Gasteiger partial charge >= 0.3 is 0 Å². The van der Waals surface area contributed by atoms with Crippen LogP contribution in [0.2, 0.25) is 10.0 Å². The maximum absolute atomic E-state index is 13.0. The van der Waals surface area contributed by atoms with Gasteiger partial charge in [0, 0.05) is 11.2 Å². The molecule has 0 bridgehead atoms. The number of benzene rings is 2. The molecule has 1 heterocycles. The molecule has 2 N–H and O–H groups in total. The Bertz CT molecular complexity index is 973. The Labute approximate surface area is 157 Å². The molecule has 0 spiro atoms. The number of carbonyl (C=O) groups excluding carboxylic acids is 2. The van der Waals surface area contributed by atoms with Gasteiger partial charge in [0.1, 0.15) is 5.82 Å². The molecule has 3 aromatic rings. The van der Waals surface area contributed by atoms with E-state index in [9.17, 15) is 14.0 Å².